The summed E-state index contributed by atoms with van der Waals surface area (Å²) in [5, 5.41) is 19.4. The Labute approximate surface area is 166 Å². The first-order chi connectivity index (χ1) is 13.0. The van der Waals surface area contributed by atoms with Gasteiger partial charge >= 0.3 is 0 Å². The van der Waals surface area contributed by atoms with E-state index in [1.165, 1.54) is 22.9 Å². The monoisotopic (exact) mass is 420 g/mol. The molecule has 0 saturated carbocycles. The van der Waals surface area contributed by atoms with Crippen LogP contribution in [-0.2, 0) is 6.54 Å². The molecule has 136 valence electrons. The van der Waals surface area contributed by atoms with E-state index in [4.69, 9.17) is 23.2 Å². The van der Waals surface area contributed by atoms with Gasteiger partial charge in [-0.05, 0) is 28.5 Å². The Balaban J connectivity index is 1.90. The average molecular weight is 421 g/mol. The van der Waals surface area contributed by atoms with Crippen molar-refractivity contribution in [1.29, 1.82) is 0 Å². The summed E-state index contributed by atoms with van der Waals surface area (Å²) in [4.78, 5) is 22.8. The van der Waals surface area contributed by atoms with E-state index in [-0.39, 0.29) is 21.3 Å². The number of rotatable bonds is 4. The number of fused-ring (bicyclic) bond motifs is 1. The molecule has 0 bridgehead atoms. The number of benzene rings is 1. The lowest BCUT2D eigenvalue weighted by molar-refractivity contribution is -0.384. The predicted molar refractivity (Wildman–Crippen MR) is 105 cm³/mol. The van der Waals surface area contributed by atoms with E-state index in [2.05, 4.69) is 5.10 Å². The van der Waals surface area contributed by atoms with Gasteiger partial charge in [0, 0.05) is 18.2 Å². The van der Waals surface area contributed by atoms with Gasteiger partial charge in [0.2, 0.25) is 0 Å². The van der Waals surface area contributed by atoms with Crippen LogP contribution < -0.4 is 5.56 Å². The van der Waals surface area contributed by atoms with Crippen molar-refractivity contribution < 1.29 is 4.92 Å². The quantitative estimate of drug-likeness (QED) is 0.359. The second kappa shape index (κ2) is 6.80. The molecule has 0 saturated heterocycles. The molecular weight excluding hydrogens is 411 g/mol. The summed E-state index contributed by atoms with van der Waals surface area (Å²) in [5.74, 6) is 0. The van der Waals surface area contributed by atoms with Crippen LogP contribution in [0.1, 0.15) is 5.56 Å². The molecule has 0 atom stereocenters. The molecule has 0 spiro atoms. The van der Waals surface area contributed by atoms with Crippen molar-refractivity contribution in [3.8, 4) is 5.69 Å². The number of pyridine rings is 1. The van der Waals surface area contributed by atoms with Crippen LogP contribution in [0.3, 0.4) is 0 Å². The van der Waals surface area contributed by atoms with Crippen molar-refractivity contribution in [2.45, 2.75) is 6.54 Å². The van der Waals surface area contributed by atoms with Crippen molar-refractivity contribution in [3.63, 3.8) is 0 Å². The molecule has 1 aromatic carbocycles. The number of hydrogen-bond acceptors (Lipinski definition) is 5. The molecule has 0 aliphatic carbocycles. The number of hydrogen-bond donors (Lipinski definition) is 0. The molecule has 10 heteroatoms. The summed E-state index contributed by atoms with van der Waals surface area (Å²) in [6.07, 6.45) is 1.55. The Morgan fingerprint density at radius 3 is 2.52 bits per heavy atom. The van der Waals surface area contributed by atoms with Gasteiger partial charge < -0.3 is 4.57 Å². The van der Waals surface area contributed by atoms with E-state index in [1.54, 1.807) is 28.2 Å². The molecule has 0 amide bonds. The topological polar surface area (TPSA) is 83.0 Å². The van der Waals surface area contributed by atoms with Crippen LogP contribution in [0.25, 0.3) is 16.7 Å². The lowest BCUT2D eigenvalue weighted by Crippen LogP contribution is -2.19. The molecular formula is C17H10Cl2N4O3S. The van der Waals surface area contributed by atoms with Crippen LogP contribution in [0, 0.1) is 10.1 Å². The van der Waals surface area contributed by atoms with E-state index in [9.17, 15) is 14.9 Å². The Morgan fingerprint density at radius 1 is 1.15 bits per heavy atom. The third-order valence-corrected chi connectivity index (χ3v) is 5.38. The van der Waals surface area contributed by atoms with E-state index in [0.717, 1.165) is 5.56 Å². The molecule has 0 aliphatic rings. The fourth-order valence-electron chi connectivity index (χ4n) is 2.84. The molecule has 3 heterocycles. The Hall–Kier alpha value is -2.68. The van der Waals surface area contributed by atoms with E-state index in [1.807, 2.05) is 16.8 Å². The molecule has 0 radical (unpaired) electrons. The molecule has 4 rings (SSSR count). The maximum absolute atomic E-state index is 12.4. The van der Waals surface area contributed by atoms with Crippen LogP contribution in [0.2, 0.25) is 10.0 Å². The summed E-state index contributed by atoms with van der Waals surface area (Å²) in [7, 11) is 0. The van der Waals surface area contributed by atoms with Crippen LogP contribution in [0.5, 0.6) is 0 Å². The van der Waals surface area contributed by atoms with Crippen molar-refractivity contribution in [1.82, 2.24) is 14.3 Å². The normalized spacial score (nSPS) is 11.2. The standard InChI is InChI=1S/C17H10Cl2N4O3S/c18-12-5-11(23(25)26)6-13(19)17(12)22-14-1-2-16(24)21(15(14)7-20-22)8-10-3-4-27-9-10/h1-7,9H,8H2. The van der Waals surface area contributed by atoms with Crippen molar-refractivity contribution >= 4 is 51.3 Å². The number of halogens is 2. The summed E-state index contributed by atoms with van der Waals surface area (Å²) in [6.45, 7) is 0.410. The van der Waals surface area contributed by atoms with Crippen LogP contribution in [-0.4, -0.2) is 19.3 Å². The van der Waals surface area contributed by atoms with Gasteiger partial charge in [0.1, 0.15) is 5.69 Å². The van der Waals surface area contributed by atoms with E-state index in [0.29, 0.717) is 23.3 Å². The van der Waals surface area contributed by atoms with Gasteiger partial charge in [0.15, 0.2) is 0 Å². The maximum atomic E-state index is 12.4. The lowest BCUT2D eigenvalue weighted by Gasteiger charge is -2.10. The molecule has 0 aliphatic heterocycles. The highest BCUT2D eigenvalue weighted by Gasteiger charge is 2.19. The van der Waals surface area contributed by atoms with Gasteiger partial charge in [-0.15, -0.1) is 0 Å². The summed E-state index contributed by atoms with van der Waals surface area (Å²) in [5.41, 5.74) is 2.18. The zero-order valence-electron chi connectivity index (χ0n) is 13.5. The zero-order chi connectivity index (χ0) is 19.1. The second-order valence-electron chi connectivity index (χ2n) is 5.73. The number of non-ortho nitro benzene ring substituents is 1. The minimum Gasteiger partial charge on any atom is -0.301 e. The minimum absolute atomic E-state index is 0.0924. The van der Waals surface area contributed by atoms with Crippen LogP contribution >= 0.6 is 34.5 Å². The van der Waals surface area contributed by atoms with Gasteiger partial charge in [0.05, 0.1) is 38.7 Å². The summed E-state index contributed by atoms with van der Waals surface area (Å²) >= 11 is 14.0. The van der Waals surface area contributed by atoms with Crippen molar-refractivity contribution in [2.75, 3.05) is 0 Å². The lowest BCUT2D eigenvalue weighted by atomic mass is 10.2. The highest BCUT2D eigenvalue weighted by Crippen LogP contribution is 2.34. The molecule has 0 N–H and O–H groups in total. The van der Waals surface area contributed by atoms with Crippen LogP contribution in [0.4, 0.5) is 5.69 Å². The third-order valence-electron chi connectivity index (χ3n) is 4.07. The SMILES string of the molecule is O=c1ccc2c(cnn2-c2c(Cl)cc([N+](=O)[O-])cc2Cl)n1Cc1ccsc1. The first-order valence-electron chi connectivity index (χ1n) is 7.68. The molecule has 4 aromatic rings. The number of nitrogens with zero attached hydrogens (tertiary/aromatic N) is 4. The fourth-order valence-corrected chi connectivity index (χ4v) is 4.13. The van der Waals surface area contributed by atoms with Gasteiger partial charge in [0.25, 0.3) is 11.2 Å². The van der Waals surface area contributed by atoms with Gasteiger partial charge in [-0.25, -0.2) is 4.68 Å². The molecule has 27 heavy (non-hydrogen) atoms. The maximum Gasteiger partial charge on any atom is 0.272 e. The van der Waals surface area contributed by atoms with Crippen LogP contribution in [0.15, 0.2) is 52.1 Å². The second-order valence-corrected chi connectivity index (χ2v) is 7.33. The van der Waals surface area contributed by atoms with Crippen molar-refractivity contribution in [3.05, 3.63) is 83.4 Å². The predicted octanol–water partition coefficient (Wildman–Crippen LogP) is 4.51. The first-order valence-corrected chi connectivity index (χ1v) is 9.38. The summed E-state index contributed by atoms with van der Waals surface area (Å²) in [6, 6.07) is 7.46. The highest BCUT2D eigenvalue weighted by atomic mass is 35.5. The van der Waals surface area contributed by atoms with Gasteiger partial charge in [-0.1, -0.05) is 23.2 Å². The molecule has 7 nitrogen and oxygen atoms in total. The Bertz CT molecular complexity index is 1210. The molecule has 0 fully saturated rings. The number of thiophene rings is 1. The summed E-state index contributed by atoms with van der Waals surface area (Å²) < 4.78 is 3.08. The Kier molecular flexibility index (Phi) is 4.47. The highest BCUT2D eigenvalue weighted by molar-refractivity contribution is 7.07. The third kappa shape index (κ3) is 3.12. The van der Waals surface area contributed by atoms with Crippen molar-refractivity contribution in [2.24, 2.45) is 0 Å². The minimum atomic E-state index is -0.568. The largest absolute Gasteiger partial charge is 0.301 e. The fraction of sp³-hybridized carbons (Fsp3) is 0.0588. The van der Waals surface area contributed by atoms with Gasteiger partial charge in [-0.3, -0.25) is 14.9 Å². The average Bonchev–Trinajstić information content (AvgIpc) is 3.27. The smallest absolute Gasteiger partial charge is 0.272 e. The molecule has 3 aromatic heterocycles. The number of aromatic nitrogens is 3. The number of nitro groups is 1. The number of nitro benzene ring substituents is 1. The zero-order valence-corrected chi connectivity index (χ0v) is 15.8. The van der Waals surface area contributed by atoms with E-state index >= 15 is 0 Å². The first kappa shape index (κ1) is 17.7. The molecule has 0 unspecified atom stereocenters. The Morgan fingerprint density at radius 2 is 1.89 bits per heavy atom. The van der Waals surface area contributed by atoms with E-state index < -0.39 is 4.92 Å². The van der Waals surface area contributed by atoms with Gasteiger partial charge in [-0.2, -0.15) is 16.4 Å².